The molecule has 1 aliphatic heterocycles. The lowest BCUT2D eigenvalue weighted by Crippen LogP contribution is -2.46. The van der Waals surface area contributed by atoms with Crippen molar-refractivity contribution in [2.24, 2.45) is 0 Å². The highest BCUT2D eigenvalue weighted by Gasteiger charge is 2.33. The Labute approximate surface area is 194 Å². The average molecular weight is 496 g/mol. The van der Waals surface area contributed by atoms with Gasteiger partial charge in [-0.25, -0.2) is 13.4 Å². The monoisotopic (exact) mass is 495 g/mol. The molecular weight excluding hydrogens is 477 g/mol. The third kappa shape index (κ3) is 5.27. The average Bonchev–Trinajstić information content (AvgIpc) is 3.20. The van der Waals surface area contributed by atoms with Gasteiger partial charge in [0.1, 0.15) is 6.04 Å². The van der Waals surface area contributed by atoms with Crippen molar-refractivity contribution in [3.8, 4) is 11.3 Å². The van der Waals surface area contributed by atoms with Crippen LogP contribution in [0.25, 0.3) is 11.3 Å². The van der Waals surface area contributed by atoms with Crippen LogP contribution in [0.5, 0.6) is 0 Å². The molecule has 0 saturated carbocycles. The minimum atomic E-state index is -3.06. The number of hydrogen-bond acceptors (Lipinski definition) is 6. The number of thiazole rings is 1. The van der Waals surface area contributed by atoms with Crippen LogP contribution < -0.4 is 5.32 Å². The lowest BCUT2D eigenvalue weighted by molar-refractivity contribution is -0.121. The second-order valence-corrected chi connectivity index (χ2v) is 11.2. The molecule has 162 valence electrons. The Bertz CT molecular complexity index is 1190. The fourth-order valence-corrected chi connectivity index (χ4v) is 5.80. The maximum atomic E-state index is 13.3. The summed E-state index contributed by atoms with van der Waals surface area (Å²) in [6.45, 7) is 0.604. The molecule has 3 aromatic rings. The van der Waals surface area contributed by atoms with Crippen LogP contribution >= 0.6 is 34.5 Å². The number of aromatic nitrogens is 1. The summed E-state index contributed by atoms with van der Waals surface area (Å²) in [7, 11) is -3.06. The predicted molar refractivity (Wildman–Crippen MR) is 126 cm³/mol. The molecule has 0 aliphatic carbocycles. The van der Waals surface area contributed by atoms with Crippen LogP contribution in [0.1, 0.15) is 11.6 Å². The van der Waals surface area contributed by atoms with Crippen LogP contribution in [0.15, 0.2) is 53.9 Å². The highest BCUT2D eigenvalue weighted by atomic mass is 35.5. The summed E-state index contributed by atoms with van der Waals surface area (Å²) >= 11 is 13.6. The zero-order valence-electron chi connectivity index (χ0n) is 16.3. The Morgan fingerprint density at radius 1 is 1.10 bits per heavy atom. The van der Waals surface area contributed by atoms with Crippen LogP contribution in [0.4, 0.5) is 5.13 Å². The number of sulfone groups is 1. The second kappa shape index (κ2) is 9.26. The highest BCUT2D eigenvalue weighted by Crippen LogP contribution is 2.33. The second-order valence-electron chi connectivity index (χ2n) is 7.15. The van der Waals surface area contributed by atoms with Crippen molar-refractivity contribution in [1.82, 2.24) is 9.88 Å². The van der Waals surface area contributed by atoms with Gasteiger partial charge in [0.15, 0.2) is 15.0 Å². The number of benzene rings is 2. The van der Waals surface area contributed by atoms with E-state index in [0.717, 1.165) is 5.56 Å². The van der Waals surface area contributed by atoms with E-state index in [9.17, 15) is 13.2 Å². The van der Waals surface area contributed by atoms with Gasteiger partial charge in [0.2, 0.25) is 5.91 Å². The third-order valence-corrected chi connectivity index (χ3v) is 7.98. The molecule has 0 spiro atoms. The molecular formula is C21H19Cl2N3O3S2. The number of rotatable bonds is 5. The topological polar surface area (TPSA) is 79.4 Å². The minimum absolute atomic E-state index is 0.0400. The zero-order valence-corrected chi connectivity index (χ0v) is 19.4. The first-order valence-electron chi connectivity index (χ1n) is 9.54. The molecule has 31 heavy (non-hydrogen) atoms. The molecule has 4 rings (SSSR count). The summed E-state index contributed by atoms with van der Waals surface area (Å²) in [5.41, 5.74) is 2.11. The molecule has 1 amide bonds. The first kappa shape index (κ1) is 22.2. The van der Waals surface area contributed by atoms with Gasteiger partial charge in [0, 0.05) is 29.1 Å². The molecule has 0 radical (unpaired) electrons. The van der Waals surface area contributed by atoms with Gasteiger partial charge in [-0.3, -0.25) is 9.69 Å². The normalized spacial score (nSPS) is 17.2. The summed E-state index contributed by atoms with van der Waals surface area (Å²) in [4.78, 5) is 19.7. The molecule has 1 unspecified atom stereocenters. The number of nitrogens with zero attached hydrogens (tertiary/aromatic N) is 2. The van der Waals surface area contributed by atoms with Gasteiger partial charge in [0.25, 0.3) is 0 Å². The lowest BCUT2D eigenvalue weighted by atomic mass is 10.0. The van der Waals surface area contributed by atoms with Crippen LogP contribution in [-0.4, -0.2) is 48.8 Å². The summed E-state index contributed by atoms with van der Waals surface area (Å²) in [6.07, 6.45) is 0. The van der Waals surface area contributed by atoms with Gasteiger partial charge in [-0.05, 0) is 23.8 Å². The largest absolute Gasteiger partial charge is 0.300 e. The number of halogens is 2. The molecule has 1 N–H and O–H groups in total. The van der Waals surface area contributed by atoms with Crippen molar-refractivity contribution in [3.05, 3.63) is 69.5 Å². The molecule has 1 saturated heterocycles. The number of carbonyl (C=O) groups is 1. The number of amides is 1. The van der Waals surface area contributed by atoms with E-state index in [0.29, 0.717) is 39.5 Å². The maximum absolute atomic E-state index is 13.3. The van der Waals surface area contributed by atoms with Crippen LogP contribution in [0, 0.1) is 0 Å². The van der Waals surface area contributed by atoms with E-state index < -0.39 is 15.9 Å². The Kier molecular flexibility index (Phi) is 6.64. The number of hydrogen-bond donors (Lipinski definition) is 1. The highest BCUT2D eigenvalue weighted by molar-refractivity contribution is 7.91. The first-order chi connectivity index (χ1) is 14.8. The van der Waals surface area contributed by atoms with Crippen LogP contribution in [0.2, 0.25) is 10.0 Å². The summed E-state index contributed by atoms with van der Waals surface area (Å²) < 4.78 is 23.7. The molecule has 6 nitrogen and oxygen atoms in total. The van der Waals surface area contributed by atoms with Crippen LogP contribution in [-0.2, 0) is 14.6 Å². The molecule has 2 aromatic carbocycles. The Morgan fingerprint density at radius 3 is 2.52 bits per heavy atom. The zero-order chi connectivity index (χ0) is 22.0. The van der Waals surface area contributed by atoms with Crippen molar-refractivity contribution in [1.29, 1.82) is 0 Å². The van der Waals surface area contributed by atoms with E-state index in [1.165, 1.54) is 11.3 Å². The van der Waals surface area contributed by atoms with Crippen LogP contribution in [0.3, 0.4) is 0 Å². The van der Waals surface area contributed by atoms with Gasteiger partial charge < -0.3 is 5.32 Å². The Hall–Kier alpha value is -1.97. The Balaban J connectivity index is 1.57. The number of nitrogens with one attached hydrogen (secondary N) is 1. The molecule has 2 heterocycles. The summed E-state index contributed by atoms with van der Waals surface area (Å²) in [5, 5.41) is 6.18. The van der Waals surface area contributed by atoms with Gasteiger partial charge in [-0.15, -0.1) is 11.3 Å². The maximum Gasteiger partial charge on any atom is 0.248 e. The fraction of sp³-hybridized carbons (Fsp3) is 0.238. The van der Waals surface area contributed by atoms with Gasteiger partial charge in [-0.2, -0.15) is 0 Å². The lowest BCUT2D eigenvalue weighted by Gasteiger charge is -2.33. The summed E-state index contributed by atoms with van der Waals surface area (Å²) in [5.74, 6) is -0.181. The summed E-state index contributed by atoms with van der Waals surface area (Å²) in [6, 6.07) is 13.8. The molecule has 10 heteroatoms. The van der Waals surface area contributed by atoms with Crippen molar-refractivity contribution >= 4 is 55.4 Å². The van der Waals surface area contributed by atoms with E-state index in [4.69, 9.17) is 23.2 Å². The fourth-order valence-electron chi connectivity index (χ4n) is 3.47. The van der Waals surface area contributed by atoms with Gasteiger partial charge >= 0.3 is 0 Å². The molecule has 1 atom stereocenters. The van der Waals surface area contributed by atoms with Crippen molar-refractivity contribution in [2.75, 3.05) is 29.9 Å². The first-order valence-corrected chi connectivity index (χ1v) is 13.0. The van der Waals surface area contributed by atoms with Crippen molar-refractivity contribution < 1.29 is 13.2 Å². The molecule has 1 aliphatic rings. The van der Waals surface area contributed by atoms with E-state index in [1.54, 1.807) is 23.6 Å². The van der Waals surface area contributed by atoms with E-state index in [-0.39, 0.29) is 17.4 Å². The Morgan fingerprint density at radius 2 is 1.81 bits per heavy atom. The standard InChI is InChI=1S/C21H19Cl2N3O3S2/c22-15-6-7-17(23)16(12-15)18-13-30-21(24-18)25-20(27)19(14-4-2-1-3-5-14)26-8-10-31(28,29)11-9-26/h1-7,12-13,19H,8-11H2,(H,24,25,27). The molecule has 1 fully saturated rings. The van der Waals surface area contributed by atoms with E-state index in [2.05, 4.69) is 10.3 Å². The van der Waals surface area contributed by atoms with Crippen molar-refractivity contribution in [3.63, 3.8) is 0 Å². The third-order valence-electron chi connectivity index (χ3n) is 5.05. The van der Waals surface area contributed by atoms with Gasteiger partial charge in [-0.1, -0.05) is 53.5 Å². The number of carbonyl (C=O) groups excluding carboxylic acids is 1. The SMILES string of the molecule is O=C(Nc1nc(-c2cc(Cl)ccc2Cl)cs1)C(c1ccccc1)N1CCS(=O)(=O)CC1. The quantitative estimate of drug-likeness (QED) is 0.562. The molecule has 0 bridgehead atoms. The van der Waals surface area contributed by atoms with E-state index in [1.807, 2.05) is 35.2 Å². The number of anilines is 1. The van der Waals surface area contributed by atoms with Crippen molar-refractivity contribution in [2.45, 2.75) is 6.04 Å². The predicted octanol–water partition coefficient (Wildman–Crippen LogP) is 4.53. The minimum Gasteiger partial charge on any atom is -0.300 e. The smallest absolute Gasteiger partial charge is 0.248 e. The molecule has 1 aromatic heterocycles. The van der Waals surface area contributed by atoms with E-state index >= 15 is 0 Å². The van der Waals surface area contributed by atoms with Gasteiger partial charge in [0.05, 0.1) is 22.2 Å².